The summed E-state index contributed by atoms with van der Waals surface area (Å²) in [7, 11) is 0. The Balaban J connectivity index is 2.14. The first-order valence-corrected chi connectivity index (χ1v) is 8.98. The number of carbonyl (C=O) groups excluding carboxylic acids is 1. The largest absolute Gasteiger partial charge is 0.389 e. The molecule has 1 saturated carbocycles. The van der Waals surface area contributed by atoms with Crippen LogP contribution < -0.4 is 0 Å². The molecule has 0 aliphatic heterocycles. The minimum atomic E-state index is -1.25. The molecule has 5 nitrogen and oxygen atoms in total. The van der Waals surface area contributed by atoms with E-state index in [1.807, 2.05) is 43.3 Å². The van der Waals surface area contributed by atoms with Crippen molar-refractivity contribution >= 4 is 5.78 Å². The second-order valence-electron chi connectivity index (χ2n) is 6.99. The van der Waals surface area contributed by atoms with Crippen LogP contribution in [0.1, 0.15) is 48.0 Å². The van der Waals surface area contributed by atoms with Crippen LogP contribution in [0.25, 0.3) is 0 Å². The van der Waals surface area contributed by atoms with Crippen LogP contribution >= 0.6 is 0 Å². The van der Waals surface area contributed by atoms with Crippen molar-refractivity contribution in [2.45, 2.75) is 43.7 Å². The number of hydrogen-bond donors (Lipinski definition) is 1. The van der Waals surface area contributed by atoms with Crippen LogP contribution in [0, 0.1) is 16.0 Å². The monoisotopic (exact) mass is 353 g/mol. The molecule has 1 fully saturated rings. The first-order valence-electron chi connectivity index (χ1n) is 8.98. The Morgan fingerprint density at radius 3 is 2.27 bits per heavy atom. The summed E-state index contributed by atoms with van der Waals surface area (Å²) in [4.78, 5) is 24.8. The van der Waals surface area contributed by atoms with Gasteiger partial charge in [-0.05, 0) is 18.4 Å². The van der Waals surface area contributed by atoms with Crippen molar-refractivity contribution in [2.75, 3.05) is 0 Å². The van der Waals surface area contributed by atoms with Crippen LogP contribution in [0.5, 0.6) is 0 Å². The topological polar surface area (TPSA) is 80.4 Å². The van der Waals surface area contributed by atoms with Gasteiger partial charge in [-0.2, -0.15) is 0 Å². The third-order valence-corrected chi connectivity index (χ3v) is 5.63. The van der Waals surface area contributed by atoms with Gasteiger partial charge in [-0.15, -0.1) is 0 Å². The van der Waals surface area contributed by atoms with Gasteiger partial charge < -0.3 is 5.11 Å². The number of aliphatic hydroxyl groups is 1. The summed E-state index contributed by atoms with van der Waals surface area (Å²) in [5.74, 6) is -1.73. The van der Waals surface area contributed by atoms with Gasteiger partial charge in [0.15, 0.2) is 5.78 Å². The van der Waals surface area contributed by atoms with Crippen LogP contribution in [0.3, 0.4) is 0 Å². The Morgan fingerprint density at radius 2 is 1.73 bits per heavy atom. The lowest BCUT2D eigenvalue weighted by Gasteiger charge is -2.44. The molecule has 0 amide bonds. The van der Waals surface area contributed by atoms with E-state index in [1.54, 1.807) is 24.3 Å². The number of hydrogen-bond acceptors (Lipinski definition) is 4. The lowest BCUT2D eigenvalue weighted by molar-refractivity contribution is -0.533. The normalized spacial score (nSPS) is 28.5. The first kappa shape index (κ1) is 18.3. The zero-order valence-corrected chi connectivity index (χ0v) is 14.7. The molecular weight excluding hydrogens is 330 g/mol. The SMILES string of the molecule is CC[C@@]1(O)CC[C@H]([N+](=O)[O-])[C@@H](c2ccccc2)[C@@H]1C(=O)c1ccccc1. The second kappa shape index (κ2) is 7.38. The zero-order chi connectivity index (χ0) is 18.7. The van der Waals surface area contributed by atoms with Gasteiger partial charge in [0, 0.05) is 16.9 Å². The van der Waals surface area contributed by atoms with Gasteiger partial charge in [-0.1, -0.05) is 67.6 Å². The average Bonchev–Trinajstić information content (AvgIpc) is 2.68. The predicted octanol–water partition coefficient (Wildman–Crippen LogP) is 3.85. The summed E-state index contributed by atoms with van der Waals surface area (Å²) in [6.45, 7) is 1.83. The molecule has 0 bridgehead atoms. The maximum absolute atomic E-state index is 13.3. The number of ketones is 1. The molecule has 0 spiro atoms. The lowest BCUT2D eigenvalue weighted by Crippen LogP contribution is -2.54. The lowest BCUT2D eigenvalue weighted by atomic mass is 9.61. The van der Waals surface area contributed by atoms with Crippen LogP contribution in [-0.2, 0) is 0 Å². The summed E-state index contributed by atoms with van der Waals surface area (Å²) in [5, 5.41) is 23.0. The molecule has 0 heterocycles. The Morgan fingerprint density at radius 1 is 1.15 bits per heavy atom. The van der Waals surface area contributed by atoms with Gasteiger partial charge in [0.25, 0.3) is 0 Å². The summed E-state index contributed by atoms with van der Waals surface area (Å²) in [5.41, 5.74) is -0.0377. The van der Waals surface area contributed by atoms with Crippen molar-refractivity contribution in [3.63, 3.8) is 0 Å². The summed E-state index contributed by atoms with van der Waals surface area (Å²) in [6.07, 6.45) is 0.890. The standard InChI is InChI=1S/C21H23NO4/c1-2-21(24)14-13-17(22(25)26)18(15-9-5-3-6-10-15)19(21)20(23)16-11-7-4-8-12-16/h3-12,17-19,24H,2,13-14H2,1H3/t17-,18+,19+,21+/m0/s1. The fraction of sp³-hybridized carbons (Fsp3) is 0.381. The molecule has 26 heavy (non-hydrogen) atoms. The molecule has 0 unspecified atom stereocenters. The Labute approximate surface area is 152 Å². The number of Topliss-reactive ketones (excluding diaryl/α,β-unsaturated/α-hetero) is 1. The molecule has 1 aliphatic carbocycles. The first-order chi connectivity index (χ1) is 12.5. The van der Waals surface area contributed by atoms with Crippen LogP contribution in [-0.4, -0.2) is 27.5 Å². The van der Waals surface area contributed by atoms with Crippen molar-refractivity contribution < 1.29 is 14.8 Å². The number of benzene rings is 2. The molecule has 5 heteroatoms. The fourth-order valence-electron chi connectivity index (χ4n) is 4.20. The zero-order valence-electron chi connectivity index (χ0n) is 14.7. The maximum Gasteiger partial charge on any atom is 0.220 e. The Bertz CT molecular complexity index is 777. The van der Waals surface area contributed by atoms with E-state index in [0.717, 1.165) is 5.56 Å². The molecule has 0 saturated heterocycles. The molecular formula is C21H23NO4. The van der Waals surface area contributed by atoms with E-state index in [4.69, 9.17) is 0 Å². The van der Waals surface area contributed by atoms with Crippen LogP contribution in [0.15, 0.2) is 60.7 Å². The average molecular weight is 353 g/mol. The smallest absolute Gasteiger partial charge is 0.220 e. The molecule has 4 atom stereocenters. The molecule has 1 N–H and O–H groups in total. The molecule has 3 rings (SSSR count). The number of nitro groups is 1. The number of rotatable bonds is 5. The van der Waals surface area contributed by atoms with E-state index in [-0.39, 0.29) is 23.5 Å². The van der Waals surface area contributed by atoms with Gasteiger partial charge in [0.05, 0.1) is 17.4 Å². The van der Waals surface area contributed by atoms with E-state index >= 15 is 0 Å². The van der Waals surface area contributed by atoms with Crippen LogP contribution in [0.4, 0.5) is 0 Å². The second-order valence-corrected chi connectivity index (χ2v) is 6.99. The summed E-state index contributed by atoms with van der Waals surface area (Å²) in [6, 6.07) is 17.0. The maximum atomic E-state index is 13.3. The van der Waals surface area contributed by atoms with Crippen molar-refractivity contribution in [1.82, 2.24) is 0 Å². The number of nitrogens with zero attached hydrogens (tertiary/aromatic N) is 1. The van der Waals surface area contributed by atoms with E-state index in [1.165, 1.54) is 0 Å². The van der Waals surface area contributed by atoms with E-state index in [9.17, 15) is 20.0 Å². The van der Waals surface area contributed by atoms with E-state index in [2.05, 4.69) is 0 Å². The third kappa shape index (κ3) is 3.27. The van der Waals surface area contributed by atoms with Crippen molar-refractivity contribution in [1.29, 1.82) is 0 Å². The van der Waals surface area contributed by atoms with Crippen LogP contribution in [0.2, 0.25) is 0 Å². The van der Waals surface area contributed by atoms with Gasteiger partial charge >= 0.3 is 0 Å². The highest BCUT2D eigenvalue weighted by molar-refractivity contribution is 5.99. The Kier molecular flexibility index (Phi) is 5.18. The van der Waals surface area contributed by atoms with Gasteiger partial charge in [0.2, 0.25) is 6.04 Å². The van der Waals surface area contributed by atoms with Gasteiger partial charge in [-0.3, -0.25) is 14.9 Å². The molecule has 136 valence electrons. The predicted molar refractivity (Wildman–Crippen MR) is 98.7 cm³/mol. The molecule has 2 aromatic carbocycles. The molecule has 0 aromatic heterocycles. The molecule has 0 radical (unpaired) electrons. The molecule has 2 aromatic rings. The number of carbonyl (C=O) groups is 1. The van der Waals surface area contributed by atoms with E-state index in [0.29, 0.717) is 12.0 Å². The van der Waals surface area contributed by atoms with E-state index < -0.39 is 23.5 Å². The van der Waals surface area contributed by atoms with Gasteiger partial charge in [0.1, 0.15) is 0 Å². The summed E-state index contributed by atoms with van der Waals surface area (Å²) < 4.78 is 0. The highest BCUT2D eigenvalue weighted by Crippen LogP contribution is 2.47. The summed E-state index contributed by atoms with van der Waals surface area (Å²) >= 11 is 0. The van der Waals surface area contributed by atoms with Crippen molar-refractivity contribution in [2.24, 2.45) is 5.92 Å². The fourth-order valence-corrected chi connectivity index (χ4v) is 4.20. The quantitative estimate of drug-likeness (QED) is 0.503. The third-order valence-electron chi connectivity index (χ3n) is 5.63. The highest BCUT2D eigenvalue weighted by Gasteiger charge is 2.55. The van der Waals surface area contributed by atoms with Crippen molar-refractivity contribution in [3.05, 3.63) is 81.9 Å². The molecule has 1 aliphatic rings. The highest BCUT2D eigenvalue weighted by atomic mass is 16.6. The van der Waals surface area contributed by atoms with Crippen molar-refractivity contribution in [3.8, 4) is 0 Å². The minimum absolute atomic E-state index is 0.227. The Hall–Kier alpha value is -2.53. The van der Waals surface area contributed by atoms with Gasteiger partial charge in [-0.25, -0.2) is 0 Å². The minimum Gasteiger partial charge on any atom is -0.389 e.